The third kappa shape index (κ3) is 4.48. The van der Waals surface area contributed by atoms with Gasteiger partial charge in [-0.05, 0) is 42.8 Å². The number of nitrogens with zero attached hydrogens (tertiary/aromatic N) is 1. The minimum atomic E-state index is -0.207. The molecule has 0 aliphatic carbocycles. The van der Waals surface area contributed by atoms with Crippen molar-refractivity contribution in [3.05, 3.63) is 71.6 Å². The predicted octanol–water partition coefficient (Wildman–Crippen LogP) is 3.26. The van der Waals surface area contributed by atoms with E-state index in [0.29, 0.717) is 35.1 Å². The maximum atomic E-state index is 12.9. The fourth-order valence-electron chi connectivity index (χ4n) is 3.20. The molecule has 0 spiro atoms. The number of benzene rings is 1. The molecule has 3 aromatic rings. The molecule has 1 N–H and O–H groups in total. The second-order valence-corrected chi connectivity index (χ2v) is 6.91. The molecular weight excluding hydrogens is 388 g/mol. The zero-order valence-electron chi connectivity index (χ0n) is 16.6. The first-order valence-electron chi connectivity index (χ1n) is 9.61. The van der Waals surface area contributed by atoms with E-state index in [1.54, 1.807) is 36.3 Å². The first-order chi connectivity index (χ1) is 14.6. The monoisotopic (exact) mass is 410 g/mol. The lowest BCUT2D eigenvalue weighted by Gasteiger charge is -2.21. The lowest BCUT2D eigenvalue weighted by atomic mass is 10.2. The van der Waals surface area contributed by atoms with Crippen LogP contribution in [0.4, 0.5) is 0 Å². The summed E-state index contributed by atoms with van der Waals surface area (Å²) in [5.41, 5.74) is 1.38. The number of fused-ring (bicyclic) bond motifs is 1. The summed E-state index contributed by atoms with van der Waals surface area (Å²) in [7, 11) is 0. The molecule has 0 radical (unpaired) electrons. The van der Waals surface area contributed by atoms with Crippen LogP contribution in [0.25, 0.3) is 0 Å². The van der Waals surface area contributed by atoms with Gasteiger partial charge in [0.15, 0.2) is 11.5 Å². The van der Waals surface area contributed by atoms with Gasteiger partial charge >= 0.3 is 0 Å². The van der Waals surface area contributed by atoms with Gasteiger partial charge in [0.1, 0.15) is 11.5 Å². The Bertz CT molecular complexity index is 1020. The Balaban J connectivity index is 1.35. The van der Waals surface area contributed by atoms with E-state index in [4.69, 9.17) is 18.3 Å². The van der Waals surface area contributed by atoms with E-state index in [2.05, 4.69) is 5.32 Å². The molecular formula is C22H22N2O6. The molecule has 0 unspecified atom stereocenters. The Hall–Kier alpha value is -3.68. The topological polar surface area (TPSA) is 94.2 Å². The number of nitrogens with one attached hydrogen (secondary N) is 1. The van der Waals surface area contributed by atoms with E-state index in [1.807, 2.05) is 18.2 Å². The minimum absolute atomic E-state index is 0.158. The van der Waals surface area contributed by atoms with E-state index in [-0.39, 0.29) is 38.1 Å². The second kappa shape index (κ2) is 8.77. The Morgan fingerprint density at radius 3 is 2.70 bits per heavy atom. The van der Waals surface area contributed by atoms with Gasteiger partial charge < -0.3 is 28.5 Å². The first-order valence-corrected chi connectivity index (χ1v) is 9.61. The Kier molecular flexibility index (Phi) is 5.74. The van der Waals surface area contributed by atoms with Crippen LogP contribution in [0.15, 0.2) is 57.8 Å². The maximum absolute atomic E-state index is 12.9. The normalized spacial score (nSPS) is 12.0. The van der Waals surface area contributed by atoms with Crippen molar-refractivity contribution in [1.82, 2.24) is 10.2 Å². The second-order valence-electron chi connectivity index (χ2n) is 6.91. The third-order valence-corrected chi connectivity index (χ3v) is 4.84. The van der Waals surface area contributed by atoms with Crippen molar-refractivity contribution in [2.75, 3.05) is 13.3 Å². The molecule has 4 rings (SSSR count). The summed E-state index contributed by atoms with van der Waals surface area (Å²) in [6.07, 6.45) is 3.19. The van der Waals surface area contributed by atoms with Crippen LogP contribution in [-0.4, -0.2) is 30.1 Å². The lowest BCUT2D eigenvalue weighted by Crippen LogP contribution is -2.34. The van der Waals surface area contributed by atoms with Crippen LogP contribution in [0.1, 0.15) is 33.9 Å². The standard InChI is InChI=1S/C22H22N2O6/c1-15-18(7-10-27-15)22(26)24(13-17-3-2-9-28-17)8-6-21(25)23-12-16-4-5-19-20(11-16)30-14-29-19/h2-5,7,9-11H,6,8,12-14H2,1H3,(H,23,25). The fourth-order valence-corrected chi connectivity index (χ4v) is 3.20. The minimum Gasteiger partial charge on any atom is -0.469 e. The molecule has 0 saturated carbocycles. The molecule has 156 valence electrons. The maximum Gasteiger partial charge on any atom is 0.257 e. The lowest BCUT2D eigenvalue weighted by molar-refractivity contribution is -0.121. The van der Waals surface area contributed by atoms with E-state index in [1.165, 1.54) is 6.26 Å². The van der Waals surface area contributed by atoms with Gasteiger partial charge in [0.2, 0.25) is 12.7 Å². The quantitative estimate of drug-likeness (QED) is 0.613. The van der Waals surface area contributed by atoms with Gasteiger partial charge in [0.05, 0.1) is 24.6 Å². The van der Waals surface area contributed by atoms with Crippen molar-refractivity contribution in [3.8, 4) is 11.5 Å². The summed E-state index contributed by atoms with van der Waals surface area (Å²) in [6, 6.07) is 10.7. The zero-order chi connectivity index (χ0) is 20.9. The molecule has 0 saturated heterocycles. The molecule has 30 heavy (non-hydrogen) atoms. The van der Waals surface area contributed by atoms with Gasteiger partial charge in [-0.25, -0.2) is 0 Å². The van der Waals surface area contributed by atoms with E-state index < -0.39 is 0 Å². The van der Waals surface area contributed by atoms with Gasteiger partial charge in [-0.15, -0.1) is 0 Å². The van der Waals surface area contributed by atoms with Crippen LogP contribution in [0.2, 0.25) is 0 Å². The highest BCUT2D eigenvalue weighted by molar-refractivity contribution is 5.95. The largest absolute Gasteiger partial charge is 0.469 e. The number of amides is 2. The van der Waals surface area contributed by atoms with Crippen molar-refractivity contribution >= 4 is 11.8 Å². The van der Waals surface area contributed by atoms with Crippen LogP contribution in [0.5, 0.6) is 11.5 Å². The molecule has 0 atom stereocenters. The van der Waals surface area contributed by atoms with Gasteiger partial charge in [-0.1, -0.05) is 6.07 Å². The van der Waals surface area contributed by atoms with Crippen LogP contribution >= 0.6 is 0 Å². The van der Waals surface area contributed by atoms with Crippen molar-refractivity contribution in [3.63, 3.8) is 0 Å². The highest BCUT2D eigenvalue weighted by Crippen LogP contribution is 2.32. The summed E-state index contributed by atoms with van der Waals surface area (Å²) in [6.45, 7) is 2.82. The van der Waals surface area contributed by atoms with Gasteiger partial charge in [-0.3, -0.25) is 9.59 Å². The van der Waals surface area contributed by atoms with Gasteiger partial charge in [0, 0.05) is 19.5 Å². The van der Waals surface area contributed by atoms with E-state index in [0.717, 1.165) is 5.56 Å². The van der Waals surface area contributed by atoms with Crippen molar-refractivity contribution in [1.29, 1.82) is 0 Å². The summed E-state index contributed by atoms with van der Waals surface area (Å²) >= 11 is 0. The SMILES string of the molecule is Cc1occc1C(=O)N(CCC(=O)NCc1ccc2c(c1)OCO2)Cc1ccco1. The zero-order valence-corrected chi connectivity index (χ0v) is 16.6. The first kappa shape index (κ1) is 19.6. The number of hydrogen-bond donors (Lipinski definition) is 1. The summed E-state index contributed by atoms with van der Waals surface area (Å²) in [5.74, 6) is 2.19. The molecule has 3 heterocycles. The smallest absolute Gasteiger partial charge is 0.257 e. The fraction of sp³-hybridized carbons (Fsp3) is 0.273. The average Bonchev–Trinajstić information content (AvgIpc) is 3.50. The van der Waals surface area contributed by atoms with Gasteiger partial charge in [0.25, 0.3) is 5.91 Å². The van der Waals surface area contributed by atoms with Crippen LogP contribution < -0.4 is 14.8 Å². The number of rotatable bonds is 8. The number of carbonyl (C=O) groups is 2. The molecule has 2 aromatic heterocycles. The number of carbonyl (C=O) groups excluding carboxylic acids is 2. The van der Waals surface area contributed by atoms with Crippen LogP contribution in [0.3, 0.4) is 0 Å². The van der Waals surface area contributed by atoms with Crippen LogP contribution in [-0.2, 0) is 17.9 Å². The predicted molar refractivity (Wildman–Crippen MR) is 106 cm³/mol. The summed E-state index contributed by atoms with van der Waals surface area (Å²) in [4.78, 5) is 26.9. The van der Waals surface area contributed by atoms with Crippen molar-refractivity contribution < 1.29 is 27.9 Å². The third-order valence-electron chi connectivity index (χ3n) is 4.84. The molecule has 1 aromatic carbocycles. The average molecular weight is 410 g/mol. The Morgan fingerprint density at radius 1 is 1.07 bits per heavy atom. The van der Waals surface area contributed by atoms with E-state index >= 15 is 0 Å². The van der Waals surface area contributed by atoms with Gasteiger partial charge in [-0.2, -0.15) is 0 Å². The molecule has 0 fully saturated rings. The highest BCUT2D eigenvalue weighted by Gasteiger charge is 2.21. The molecule has 1 aliphatic heterocycles. The van der Waals surface area contributed by atoms with E-state index in [9.17, 15) is 9.59 Å². The Labute approximate surface area is 173 Å². The molecule has 8 heteroatoms. The Morgan fingerprint density at radius 2 is 1.93 bits per heavy atom. The number of ether oxygens (including phenoxy) is 2. The molecule has 2 amide bonds. The highest BCUT2D eigenvalue weighted by atomic mass is 16.7. The number of aryl methyl sites for hydroxylation is 1. The number of hydrogen-bond acceptors (Lipinski definition) is 6. The van der Waals surface area contributed by atoms with Crippen molar-refractivity contribution in [2.24, 2.45) is 0 Å². The van der Waals surface area contributed by atoms with Crippen molar-refractivity contribution in [2.45, 2.75) is 26.4 Å². The summed E-state index contributed by atoms with van der Waals surface area (Å²) in [5, 5.41) is 2.87. The molecule has 1 aliphatic rings. The number of furan rings is 2. The molecule has 0 bridgehead atoms. The molecule has 8 nitrogen and oxygen atoms in total. The summed E-state index contributed by atoms with van der Waals surface area (Å²) < 4.78 is 21.3. The van der Waals surface area contributed by atoms with Crippen LogP contribution in [0, 0.1) is 6.92 Å².